The van der Waals surface area contributed by atoms with Crippen LogP contribution in [-0.4, -0.2) is 37.8 Å². The summed E-state index contributed by atoms with van der Waals surface area (Å²) in [6.07, 6.45) is 6.99. The van der Waals surface area contributed by atoms with Crippen LogP contribution in [0.1, 0.15) is 21.9 Å². The van der Waals surface area contributed by atoms with Crippen molar-refractivity contribution in [1.82, 2.24) is 24.9 Å². The number of nitrogens with zero attached hydrogens (tertiary/aromatic N) is 4. The average Bonchev–Trinajstić information content (AvgIpc) is 3.20. The average molecular weight is 285 g/mol. The SMILES string of the molecule is CN(Cc1cn[nH]c1)C(=O)c1ccc(Cn2cccn2)o1. The molecule has 108 valence electrons. The lowest BCUT2D eigenvalue weighted by molar-refractivity contribution is 0.0751. The number of aromatic amines is 1. The van der Waals surface area contributed by atoms with Gasteiger partial charge in [0.15, 0.2) is 5.76 Å². The molecule has 0 aromatic carbocycles. The Morgan fingerprint density at radius 1 is 1.48 bits per heavy atom. The van der Waals surface area contributed by atoms with Gasteiger partial charge in [-0.1, -0.05) is 0 Å². The van der Waals surface area contributed by atoms with E-state index in [4.69, 9.17) is 4.42 Å². The van der Waals surface area contributed by atoms with Crippen LogP contribution >= 0.6 is 0 Å². The zero-order chi connectivity index (χ0) is 14.7. The Balaban J connectivity index is 1.66. The molecule has 3 rings (SSSR count). The van der Waals surface area contributed by atoms with Crippen molar-refractivity contribution in [3.05, 3.63) is 60.1 Å². The van der Waals surface area contributed by atoms with E-state index in [-0.39, 0.29) is 5.91 Å². The Hall–Kier alpha value is -2.83. The van der Waals surface area contributed by atoms with Crippen LogP contribution in [0.25, 0.3) is 0 Å². The van der Waals surface area contributed by atoms with Crippen LogP contribution in [0, 0.1) is 0 Å². The fourth-order valence-electron chi connectivity index (χ4n) is 2.03. The van der Waals surface area contributed by atoms with Gasteiger partial charge < -0.3 is 9.32 Å². The lowest BCUT2D eigenvalue weighted by Gasteiger charge is -2.14. The van der Waals surface area contributed by atoms with Crippen molar-refractivity contribution in [2.45, 2.75) is 13.1 Å². The highest BCUT2D eigenvalue weighted by atomic mass is 16.4. The number of furan rings is 1. The summed E-state index contributed by atoms with van der Waals surface area (Å²) in [6.45, 7) is 0.982. The highest BCUT2D eigenvalue weighted by molar-refractivity contribution is 5.91. The van der Waals surface area contributed by atoms with Crippen LogP contribution in [0.2, 0.25) is 0 Å². The first-order chi connectivity index (χ1) is 10.2. The molecule has 1 N–H and O–H groups in total. The van der Waals surface area contributed by atoms with Crippen LogP contribution in [0.3, 0.4) is 0 Å². The highest BCUT2D eigenvalue weighted by Crippen LogP contribution is 2.12. The second-order valence-corrected chi connectivity index (χ2v) is 4.74. The summed E-state index contributed by atoms with van der Waals surface area (Å²) < 4.78 is 7.32. The number of hydrogen-bond acceptors (Lipinski definition) is 4. The van der Waals surface area contributed by atoms with E-state index >= 15 is 0 Å². The molecule has 0 fully saturated rings. The topological polar surface area (TPSA) is 80.0 Å². The standard InChI is InChI=1S/C14H15N5O2/c1-18(9-11-7-15-16-8-11)14(20)13-4-3-12(21-13)10-19-6-2-5-17-19/h2-8H,9-10H2,1H3,(H,15,16). The number of rotatable bonds is 5. The molecular weight excluding hydrogens is 270 g/mol. The molecule has 3 aromatic heterocycles. The molecule has 7 nitrogen and oxygen atoms in total. The predicted molar refractivity (Wildman–Crippen MR) is 74.4 cm³/mol. The van der Waals surface area contributed by atoms with Gasteiger partial charge in [-0.2, -0.15) is 10.2 Å². The number of aromatic nitrogens is 4. The summed E-state index contributed by atoms with van der Waals surface area (Å²) in [7, 11) is 1.73. The predicted octanol–water partition coefficient (Wildman–Crippen LogP) is 1.52. The van der Waals surface area contributed by atoms with E-state index in [1.807, 2.05) is 12.3 Å². The molecule has 0 aliphatic carbocycles. The Morgan fingerprint density at radius 2 is 2.38 bits per heavy atom. The fraction of sp³-hybridized carbons (Fsp3) is 0.214. The molecule has 7 heteroatoms. The molecule has 0 saturated heterocycles. The lowest BCUT2D eigenvalue weighted by atomic mass is 10.3. The molecule has 0 aliphatic rings. The molecule has 1 amide bonds. The summed E-state index contributed by atoms with van der Waals surface area (Å²) in [6, 6.07) is 5.32. The van der Waals surface area contributed by atoms with Crippen LogP contribution in [0.4, 0.5) is 0 Å². The smallest absolute Gasteiger partial charge is 0.289 e. The molecule has 0 unspecified atom stereocenters. The Labute approximate surface area is 121 Å². The minimum atomic E-state index is -0.164. The number of H-pyrrole nitrogens is 1. The number of nitrogens with one attached hydrogen (secondary N) is 1. The first kappa shape index (κ1) is 13.2. The fourth-order valence-corrected chi connectivity index (χ4v) is 2.03. The first-order valence-corrected chi connectivity index (χ1v) is 6.51. The molecule has 3 aromatic rings. The van der Waals surface area contributed by atoms with E-state index in [2.05, 4.69) is 15.3 Å². The van der Waals surface area contributed by atoms with Crippen LogP contribution in [0.5, 0.6) is 0 Å². The maximum Gasteiger partial charge on any atom is 0.289 e. The summed E-state index contributed by atoms with van der Waals surface area (Å²) >= 11 is 0. The quantitative estimate of drug-likeness (QED) is 0.770. The van der Waals surface area contributed by atoms with Crippen molar-refractivity contribution in [1.29, 1.82) is 0 Å². The van der Waals surface area contributed by atoms with Crippen molar-refractivity contribution >= 4 is 5.91 Å². The van der Waals surface area contributed by atoms with Gasteiger partial charge in [-0.15, -0.1) is 0 Å². The van der Waals surface area contributed by atoms with Gasteiger partial charge in [0.05, 0.1) is 12.7 Å². The van der Waals surface area contributed by atoms with E-state index in [1.165, 1.54) is 0 Å². The highest BCUT2D eigenvalue weighted by Gasteiger charge is 2.16. The van der Waals surface area contributed by atoms with E-state index in [9.17, 15) is 4.79 Å². The summed E-state index contributed by atoms with van der Waals surface area (Å²) in [4.78, 5) is 13.9. The van der Waals surface area contributed by atoms with Crippen molar-refractivity contribution in [3.63, 3.8) is 0 Å². The van der Waals surface area contributed by atoms with Crippen LogP contribution in [-0.2, 0) is 13.1 Å². The molecule has 0 spiro atoms. The molecule has 0 atom stereocenters. The van der Waals surface area contributed by atoms with Gasteiger partial charge in [-0.3, -0.25) is 14.6 Å². The summed E-state index contributed by atoms with van der Waals surface area (Å²) in [5.74, 6) is 0.852. The van der Waals surface area contributed by atoms with E-state index in [1.54, 1.807) is 47.4 Å². The third-order valence-corrected chi connectivity index (χ3v) is 3.07. The van der Waals surface area contributed by atoms with Crippen molar-refractivity contribution in [3.8, 4) is 0 Å². The third-order valence-electron chi connectivity index (χ3n) is 3.07. The van der Waals surface area contributed by atoms with Crippen molar-refractivity contribution in [2.24, 2.45) is 0 Å². The van der Waals surface area contributed by atoms with Gasteiger partial charge in [-0.25, -0.2) is 0 Å². The zero-order valence-electron chi connectivity index (χ0n) is 11.6. The number of carbonyl (C=O) groups is 1. The molecular formula is C14H15N5O2. The van der Waals surface area contributed by atoms with Gasteiger partial charge in [0.25, 0.3) is 5.91 Å². The maximum absolute atomic E-state index is 12.3. The zero-order valence-corrected chi connectivity index (χ0v) is 11.6. The Kier molecular flexibility index (Phi) is 3.55. The second kappa shape index (κ2) is 5.66. The van der Waals surface area contributed by atoms with Gasteiger partial charge in [0.2, 0.25) is 0 Å². The van der Waals surface area contributed by atoms with Crippen LogP contribution < -0.4 is 0 Å². The first-order valence-electron chi connectivity index (χ1n) is 6.51. The molecule has 0 aliphatic heterocycles. The second-order valence-electron chi connectivity index (χ2n) is 4.74. The molecule has 3 heterocycles. The van der Waals surface area contributed by atoms with Gasteiger partial charge >= 0.3 is 0 Å². The summed E-state index contributed by atoms with van der Waals surface area (Å²) in [5, 5.41) is 10.7. The minimum Gasteiger partial charge on any atom is -0.454 e. The van der Waals surface area contributed by atoms with Crippen LogP contribution in [0.15, 0.2) is 47.4 Å². The molecule has 0 saturated carbocycles. The maximum atomic E-state index is 12.3. The van der Waals surface area contributed by atoms with Gasteiger partial charge in [-0.05, 0) is 18.2 Å². The third kappa shape index (κ3) is 3.02. The van der Waals surface area contributed by atoms with E-state index < -0.39 is 0 Å². The van der Waals surface area contributed by atoms with Crippen molar-refractivity contribution < 1.29 is 9.21 Å². The molecule has 21 heavy (non-hydrogen) atoms. The number of hydrogen-bond donors (Lipinski definition) is 1. The summed E-state index contributed by atoms with van der Waals surface area (Å²) in [5.41, 5.74) is 0.939. The number of carbonyl (C=O) groups excluding carboxylic acids is 1. The largest absolute Gasteiger partial charge is 0.454 e. The Morgan fingerprint density at radius 3 is 3.10 bits per heavy atom. The Bertz CT molecular complexity index is 700. The van der Waals surface area contributed by atoms with Gasteiger partial charge in [0.1, 0.15) is 5.76 Å². The normalized spacial score (nSPS) is 10.7. The van der Waals surface area contributed by atoms with Gasteiger partial charge in [0, 0.05) is 37.7 Å². The molecule has 0 bridgehead atoms. The molecule has 0 radical (unpaired) electrons. The number of amides is 1. The lowest BCUT2D eigenvalue weighted by Crippen LogP contribution is -2.25. The van der Waals surface area contributed by atoms with E-state index in [0.717, 1.165) is 5.56 Å². The monoisotopic (exact) mass is 285 g/mol. The van der Waals surface area contributed by atoms with Crippen molar-refractivity contribution in [2.75, 3.05) is 7.05 Å². The van der Waals surface area contributed by atoms with E-state index in [0.29, 0.717) is 24.6 Å². The minimum absolute atomic E-state index is 0.164.